The maximum Gasteiger partial charge on any atom is 0.417 e. The molecule has 0 saturated heterocycles. The highest BCUT2D eigenvalue weighted by Crippen LogP contribution is 2.36. The molecule has 1 heterocycles. The second-order valence-corrected chi connectivity index (χ2v) is 3.84. The van der Waals surface area contributed by atoms with Crippen molar-refractivity contribution in [3.63, 3.8) is 0 Å². The van der Waals surface area contributed by atoms with Crippen LogP contribution in [0.5, 0.6) is 0 Å². The molecule has 0 spiro atoms. The first-order valence-electron chi connectivity index (χ1n) is 5.32. The van der Waals surface area contributed by atoms with Crippen molar-refractivity contribution in [1.29, 1.82) is 0 Å². The molecule has 0 aliphatic carbocycles. The van der Waals surface area contributed by atoms with Crippen LogP contribution in [0.25, 0.3) is 11.1 Å². The molecule has 0 aliphatic rings. The molecule has 6 heteroatoms. The Balaban J connectivity index is 2.50. The number of pyridine rings is 1. The molecular weight excluding hydrogens is 257 g/mol. The molecule has 19 heavy (non-hydrogen) atoms. The van der Waals surface area contributed by atoms with Gasteiger partial charge in [0.05, 0.1) is 5.56 Å². The lowest BCUT2D eigenvalue weighted by molar-refractivity contribution is -0.137. The van der Waals surface area contributed by atoms with Crippen molar-refractivity contribution in [2.75, 3.05) is 0 Å². The van der Waals surface area contributed by atoms with Gasteiger partial charge in [-0.25, -0.2) is 0 Å². The fourth-order valence-corrected chi connectivity index (χ4v) is 1.68. The van der Waals surface area contributed by atoms with E-state index in [2.05, 4.69) is 4.98 Å². The summed E-state index contributed by atoms with van der Waals surface area (Å²) in [4.78, 5) is 14.6. The summed E-state index contributed by atoms with van der Waals surface area (Å²) in [6.45, 7) is 0. The number of aromatic nitrogens is 1. The Kier molecular flexibility index (Phi) is 3.25. The summed E-state index contributed by atoms with van der Waals surface area (Å²) in [5.74, 6) is -0.726. The highest BCUT2D eigenvalue weighted by Gasteiger charge is 2.33. The topological polar surface area (TPSA) is 56.0 Å². The Bertz CT molecular complexity index is 606. The Morgan fingerprint density at radius 3 is 2.32 bits per heavy atom. The van der Waals surface area contributed by atoms with Crippen LogP contribution in [-0.4, -0.2) is 10.9 Å². The van der Waals surface area contributed by atoms with Gasteiger partial charge in [0.25, 0.3) is 5.91 Å². The zero-order valence-electron chi connectivity index (χ0n) is 9.61. The Hall–Kier alpha value is -2.37. The highest BCUT2D eigenvalue weighted by molar-refractivity contribution is 5.91. The smallest absolute Gasteiger partial charge is 0.364 e. The van der Waals surface area contributed by atoms with Crippen LogP contribution < -0.4 is 5.73 Å². The normalized spacial score (nSPS) is 11.3. The lowest BCUT2D eigenvalue weighted by Crippen LogP contribution is -2.12. The Morgan fingerprint density at radius 1 is 1.11 bits per heavy atom. The number of hydrogen-bond donors (Lipinski definition) is 1. The zero-order valence-corrected chi connectivity index (χ0v) is 9.61. The van der Waals surface area contributed by atoms with Gasteiger partial charge in [0, 0.05) is 11.8 Å². The van der Waals surface area contributed by atoms with Gasteiger partial charge in [0.15, 0.2) is 0 Å². The molecule has 3 nitrogen and oxygen atoms in total. The minimum Gasteiger partial charge on any atom is -0.364 e. The molecule has 0 bridgehead atoms. The average molecular weight is 266 g/mol. The number of carbonyl (C=O) groups is 1. The molecule has 0 fully saturated rings. The van der Waals surface area contributed by atoms with Crippen molar-refractivity contribution < 1.29 is 18.0 Å². The van der Waals surface area contributed by atoms with Crippen molar-refractivity contribution in [3.8, 4) is 11.1 Å². The van der Waals surface area contributed by atoms with Gasteiger partial charge in [-0.1, -0.05) is 24.3 Å². The molecule has 1 aromatic heterocycles. The summed E-state index contributed by atoms with van der Waals surface area (Å²) in [6.07, 6.45) is -3.25. The van der Waals surface area contributed by atoms with E-state index in [0.29, 0.717) is 0 Å². The number of carbonyl (C=O) groups excluding carboxylic acids is 1. The van der Waals surface area contributed by atoms with Crippen LogP contribution in [-0.2, 0) is 6.18 Å². The summed E-state index contributed by atoms with van der Waals surface area (Å²) < 4.78 is 38.5. The van der Waals surface area contributed by atoms with Crippen LogP contribution in [0.3, 0.4) is 0 Å². The fraction of sp³-hybridized carbons (Fsp3) is 0.0769. The Morgan fingerprint density at radius 2 is 1.79 bits per heavy atom. The first-order valence-corrected chi connectivity index (χ1v) is 5.32. The van der Waals surface area contributed by atoms with Gasteiger partial charge in [-0.05, 0) is 17.7 Å². The predicted octanol–water partition coefficient (Wildman–Crippen LogP) is 2.87. The van der Waals surface area contributed by atoms with Crippen LogP contribution >= 0.6 is 0 Å². The van der Waals surface area contributed by atoms with E-state index in [4.69, 9.17) is 5.73 Å². The fourth-order valence-electron chi connectivity index (χ4n) is 1.68. The van der Waals surface area contributed by atoms with Crippen molar-refractivity contribution in [2.45, 2.75) is 6.18 Å². The summed E-state index contributed by atoms with van der Waals surface area (Å²) >= 11 is 0. The first kappa shape index (κ1) is 13.1. The average Bonchev–Trinajstić information content (AvgIpc) is 2.38. The van der Waals surface area contributed by atoms with E-state index < -0.39 is 17.6 Å². The van der Waals surface area contributed by atoms with E-state index in [-0.39, 0.29) is 16.8 Å². The van der Waals surface area contributed by atoms with Crippen molar-refractivity contribution in [2.24, 2.45) is 5.73 Å². The van der Waals surface area contributed by atoms with E-state index >= 15 is 0 Å². The molecule has 98 valence electrons. The van der Waals surface area contributed by atoms with Gasteiger partial charge in [-0.2, -0.15) is 13.2 Å². The summed E-state index contributed by atoms with van der Waals surface area (Å²) in [6, 6.07) is 7.85. The van der Waals surface area contributed by atoms with E-state index in [1.165, 1.54) is 36.5 Å². The van der Waals surface area contributed by atoms with Crippen LogP contribution in [0.4, 0.5) is 13.2 Å². The lowest BCUT2D eigenvalue weighted by Gasteiger charge is -2.12. The lowest BCUT2D eigenvalue weighted by atomic mass is 10.0. The van der Waals surface area contributed by atoms with Gasteiger partial charge in [0.1, 0.15) is 5.69 Å². The summed E-state index contributed by atoms with van der Waals surface area (Å²) in [7, 11) is 0. The third-order valence-electron chi connectivity index (χ3n) is 2.56. The number of nitrogens with zero attached hydrogens (tertiary/aromatic N) is 1. The molecule has 2 aromatic rings. The number of amides is 1. The zero-order chi connectivity index (χ0) is 14.0. The number of nitrogens with two attached hydrogens (primary N) is 1. The molecule has 1 aromatic carbocycles. The second kappa shape index (κ2) is 4.72. The minimum atomic E-state index is -4.45. The molecule has 0 radical (unpaired) electrons. The SMILES string of the molecule is NC(=O)c1ccc(-c2ccccc2C(F)(F)F)cn1. The van der Waals surface area contributed by atoms with E-state index in [9.17, 15) is 18.0 Å². The van der Waals surface area contributed by atoms with Crippen LogP contribution in [0.1, 0.15) is 16.1 Å². The predicted molar refractivity (Wildman–Crippen MR) is 63.2 cm³/mol. The quantitative estimate of drug-likeness (QED) is 0.908. The molecular formula is C13H9F3N2O. The van der Waals surface area contributed by atoms with Gasteiger partial charge in [-0.3, -0.25) is 9.78 Å². The maximum absolute atomic E-state index is 12.8. The molecule has 2 N–H and O–H groups in total. The van der Waals surface area contributed by atoms with Crippen LogP contribution in [0.2, 0.25) is 0 Å². The van der Waals surface area contributed by atoms with Crippen molar-refractivity contribution >= 4 is 5.91 Å². The molecule has 2 rings (SSSR count). The maximum atomic E-state index is 12.8. The van der Waals surface area contributed by atoms with Crippen LogP contribution in [0.15, 0.2) is 42.6 Å². The van der Waals surface area contributed by atoms with Gasteiger partial charge < -0.3 is 5.73 Å². The van der Waals surface area contributed by atoms with Crippen molar-refractivity contribution in [3.05, 3.63) is 53.9 Å². The highest BCUT2D eigenvalue weighted by atomic mass is 19.4. The number of primary amides is 1. The standard InChI is InChI=1S/C13H9F3N2O/c14-13(15,16)10-4-2-1-3-9(10)8-5-6-11(12(17)19)18-7-8/h1-7H,(H2,17,19). The Labute approximate surface area is 106 Å². The third-order valence-corrected chi connectivity index (χ3v) is 2.56. The molecule has 0 atom stereocenters. The molecule has 0 saturated carbocycles. The largest absolute Gasteiger partial charge is 0.417 e. The summed E-state index contributed by atoms with van der Waals surface area (Å²) in [5.41, 5.74) is 4.57. The number of alkyl halides is 3. The molecule has 1 amide bonds. The van der Waals surface area contributed by atoms with E-state index in [1.807, 2.05) is 0 Å². The van der Waals surface area contributed by atoms with Gasteiger partial charge in [-0.15, -0.1) is 0 Å². The monoisotopic (exact) mass is 266 g/mol. The number of rotatable bonds is 2. The first-order chi connectivity index (χ1) is 8.89. The van der Waals surface area contributed by atoms with Crippen molar-refractivity contribution in [1.82, 2.24) is 4.98 Å². The minimum absolute atomic E-state index is 0.00763. The summed E-state index contributed by atoms with van der Waals surface area (Å²) in [5, 5.41) is 0. The number of halogens is 3. The molecule has 0 aliphatic heterocycles. The van der Waals surface area contributed by atoms with E-state index in [0.717, 1.165) is 6.07 Å². The number of hydrogen-bond acceptors (Lipinski definition) is 2. The van der Waals surface area contributed by atoms with Gasteiger partial charge in [0.2, 0.25) is 0 Å². The number of benzene rings is 1. The van der Waals surface area contributed by atoms with Gasteiger partial charge >= 0.3 is 6.18 Å². The molecule has 0 unspecified atom stereocenters. The second-order valence-electron chi connectivity index (χ2n) is 3.84. The van der Waals surface area contributed by atoms with Crippen LogP contribution in [0, 0.1) is 0 Å². The van der Waals surface area contributed by atoms with E-state index in [1.54, 1.807) is 0 Å². The third kappa shape index (κ3) is 2.73.